The molecule has 1 aromatic heterocycles. The number of aliphatic imine (C=N–C) groups is 1. The van der Waals surface area contributed by atoms with Crippen LogP contribution in [0.15, 0.2) is 21.5 Å². The van der Waals surface area contributed by atoms with Crippen LogP contribution in [0.2, 0.25) is 0 Å². The third-order valence-corrected chi connectivity index (χ3v) is 4.71. The van der Waals surface area contributed by atoms with E-state index >= 15 is 0 Å². The highest BCUT2D eigenvalue weighted by Gasteiger charge is 2.19. The van der Waals surface area contributed by atoms with Crippen molar-refractivity contribution in [1.29, 1.82) is 0 Å². The van der Waals surface area contributed by atoms with Crippen LogP contribution in [0.1, 0.15) is 44.3 Å². The molecule has 0 bridgehead atoms. The fourth-order valence-corrected chi connectivity index (χ4v) is 3.12. The van der Waals surface area contributed by atoms with E-state index in [-0.39, 0.29) is 6.04 Å². The van der Waals surface area contributed by atoms with Crippen molar-refractivity contribution in [1.82, 2.24) is 15.5 Å². The molecule has 6 nitrogen and oxygen atoms in total. The summed E-state index contributed by atoms with van der Waals surface area (Å²) in [5.41, 5.74) is 0. The summed E-state index contributed by atoms with van der Waals surface area (Å²) >= 11 is 0. The van der Waals surface area contributed by atoms with E-state index < -0.39 is 0 Å². The third-order valence-electron chi connectivity index (χ3n) is 4.71. The van der Waals surface area contributed by atoms with E-state index in [1.165, 1.54) is 12.8 Å². The Bertz CT molecular complexity index is 521. The molecular weight excluding hydrogens is 316 g/mol. The standard InChI is InChI=1S/C19H34N4O2/c1-5-20-19(22-16(3)18-7-6-15(2)25-18)21-14-17-8-10-23(11-9-17)12-13-24-4/h6-7,16-17H,5,8-14H2,1-4H3,(H2,20,21,22). The lowest BCUT2D eigenvalue weighted by molar-refractivity contribution is 0.121. The Morgan fingerprint density at radius 2 is 2.16 bits per heavy atom. The quantitative estimate of drug-likeness (QED) is 0.557. The van der Waals surface area contributed by atoms with Crippen LogP contribution in [0.3, 0.4) is 0 Å². The molecule has 0 aliphatic carbocycles. The minimum Gasteiger partial charge on any atom is -0.464 e. The molecular formula is C19H34N4O2. The van der Waals surface area contributed by atoms with Crippen LogP contribution in [0.25, 0.3) is 0 Å². The van der Waals surface area contributed by atoms with E-state index in [1.807, 2.05) is 19.1 Å². The lowest BCUT2D eigenvalue weighted by Crippen LogP contribution is -2.40. The van der Waals surface area contributed by atoms with Gasteiger partial charge in [0.15, 0.2) is 5.96 Å². The van der Waals surface area contributed by atoms with Crippen LogP contribution in [0.4, 0.5) is 0 Å². The van der Waals surface area contributed by atoms with E-state index in [0.29, 0.717) is 5.92 Å². The molecule has 2 rings (SSSR count). The van der Waals surface area contributed by atoms with Crippen molar-refractivity contribution in [3.8, 4) is 0 Å². The molecule has 1 saturated heterocycles. The van der Waals surface area contributed by atoms with Gasteiger partial charge in [-0.05, 0) is 64.8 Å². The second-order valence-corrected chi connectivity index (χ2v) is 6.81. The Labute approximate surface area is 152 Å². The maximum absolute atomic E-state index is 5.70. The average molecular weight is 351 g/mol. The number of aryl methyl sites for hydroxylation is 1. The highest BCUT2D eigenvalue weighted by atomic mass is 16.5. The smallest absolute Gasteiger partial charge is 0.191 e. The van der Waals surface area contributed by atoms with Gasteiger partial charge in [0.25, 0.3) is 0 Å². The first-order valence-electron chi connectivity index (χ1n) is 9.44. The van der Waals surface area contributed by atoms with Gasteiger partial charge in [-0.15, -0.1) is 0 Å². The van der Waals surface area contributed by atoms with Gasteiger partial charge in [0, 0.05) is 26.7 Å². The number of likely N-dealkylation sites (tertiary alicyclic amines) is 1. The van der Waals surface area contributed by atoms with Gasteiger partial charge in [-0.2, -0.15) is 0 Å². The Morgan fingerprint density at radius 1 is 1.40 bits per heavy atom. The summed E-state index contributed by atoms with van der Waals surface area (Å²) in [7, 11) is 1.77. The van der Waals surface area contributed by atoms with Gasteiger partial charge in [0.2, 0.25) is 0 Å². The zero-order valence-electron chi connectivity index (χ0n) is 16.2. The van der Waals surface area contributed by atoms with Gasteiger partial charge >= 0.3 is 0 Å². The summed E-state index contributed by atoms with van der Waals surface area (Å²) < 4.78 is 10.9. The van der Waals surface area contributed by atoms with E-state index in [1.54, 1.807) is 7.11 Å². The van der Waals surface area contributed by atoms with Crippen molar-refractivity contribution in [2.24, 2.45) is 10.9 Å². The Balaban J connectivity index is 1.81. The second kappa shape index (κ2) is 10.5. The number of furan rings is 1. The van der Waals surface area contributed by atoms with Crippen molar-refractivity contribution in [2.75, 3.05) is 46.4 Å². The van der Waals surface area contributed by atoms with Crippen molar-refractivity contribution >= 4 is 5.96 Å². The molecule has 1 aliphatic rings. The van der Waals surface area contributed by atoms with E-state index in [0.717, 1.165) is 56.8 Å². The Morgan fingerprint density at radius 3 is 2.76 bits per heavy atom. The van der Waals surface area contributed by atoms with E-state index in [4.69, 9.17) is 14.1 Å². The van der Waals surface area contributed by atoms with Gasteiger partial charge in [-0.25, -0.2) is 0 Å². The van der Waals surface area contributed by atoms with Crippen molar-refractivity contribution in [3.63, 3.8) is 0 Å². The Hall–Kier alpha value is -1.53. The average Bonchev–Trinajstić information content (AvgIpc) is 3.05. The number of ether oxygens (including phenoxy) is 1. The SMILES string of the molecule is CCNC(=NCC1CCN(CCOC)CC1)NC(C)c1ccc(C)o1. The number of hydrogen-bond donors (Lipinski definition) is 2. The molecule has 25 heavy (non-hydrogen) atoms. The first kappa shape index (κ1) is 19.8. The number of piperidine rings is 1. The lowest BCUT2D eigenvalue weighted by Gasteiger charge is -2.31. The molecule has 0 radical (unpaired) electrons. The molecule has 6 heteroatoms. The minimum atomic E-state index is 0.0994. The number of methoxy groups -OCH3 is 1. The molecule has 0 amide bonds. The number of hydrogen-bond acceptors (Lipinski definition) is 4. The first-order valence-corrected chi connectivity index (χ1v) is 9.44. The van der Waals surface area contributed by atoms with Crippen molar-refractivity contribution < 1.29 is 9.15 Å². The van der Waals surface area contributed by atoms with Gasteiger partial charge in [-0.1, -0.05) is 0 Å². The van der Waals surface area contributed by atoms with Crippen LogP contribution in [0, 0.1) is 12.8 Å². The topological polar surface area (TPSA) is 62.0 Å². The third kappa shape index (κ3) is 6.71. The molecule has 2 heterocycles. The molecule has 2 N–H and O–H groups in total. The fourth-order valence-electron chi connectivity index (χ4n) is 3.12. The lowest BCUT2D eigenvalue weighted by atomic mass is 9.97. The summed E-state index contributed by atoms with van der Waals surface area (Å²) in [5, 5.41) is 6.78. The van der Waals surface area contributed by atoms with Gasteiger partial charge in [0.05, 0.1) is 12.6 Å². The summed E-state index contributed by atoms with van der Waals surface area (Å²) in [4.78, 5) is 7.29. The number of nitrogens with zero attached hydrogens (tertiary/aromatic N) is 2. The normalized spacial score (nSPS) is 18.3. The van der Waals surface area contributed by atoms with Crippen LogP contribution in [-0.2, 0) is 4.74 Å². The van der Waals surface area contributed by atoms with Gasteiger partial charge in [0.1, 0.15) is 11.5 Å². The summed E-state index contributed by atoms with van der Waals surface area (Å²) in [6, 6.07) is 4.11. The number of nitrogens with one attached hydrogen (secondary N) is 2. The predicted molar refractivity (Wildman–Crippen MR) is 102 cm³/mol. The van der Waals surface area contributed by atoms with Crippen LogP contribution in [0.5, 0.6) is 0 Å². The van der Waals surface area contributed by atoms with E-state index in [2.05, 4.69) is 29.4 Å². The fraction of sp³-hybridized carbons (Fsp3) is 0.737. The molecule has 1 unspecified atom stereocenters. The van der Waals surface area contributed by atoms with Gasteiger partial charge < -0.3 is 24.7 Å². The summed E-state index contributed by atoms with van der Waals surface area (Å²) in [6.45, 7) is 12.0. The number of guanidine groups is 1. The molecule has 1 aliphatic heterocycles. The van der Waals surface area contributed by atoms with Crippen molar-refractivity contribution in [3.05, 3.63) is 23.7 Å². The molecule has 142 valence electrons. The minimum absolute atomic E-state index is 0.0994. The zero-order valence-corrected chi connectivity index (χ0v) is 16.2. The zero-order chi connectivity index (χ0) is 18.1. The maximum Gasteiger partial charge on any atom is 0.191 e. The van der Waals surface area contributed by atoms with Crippen molar-refractivity contribution in [2.45, 2.75) is 39.7 Å². The second-order valence-electron chi connectivity index (χ2n) is 6.81. The van der Waals surface area contributed by atoms with Crippen LogP contribution in [-0.4, -0.2) is 57.3 Å². The summed E-state index contributed by atoms with van der Waals surface area (Å²) in [5.74, 6) is 3.40. The predicted octanol–water partition coefficient (Wildman–Crippen LogP) is 2.56. The maximum atomic E-state index is 5.70. The molecule has 1 atom stereocenters. The van der Waals surface area contributed by atoms with Crippen LogP contribution >= 0.6 is 0 Å². The molecule has 0 spiro atoms. The first-order chi connectivity index (χ1) is 12.1. The number of rotatable bonds is 8. The van der Waals surface area contributed by atoms with Gasteiger partial charge in [-0.3, -0.25) is 4.99 Å². The monoisotopic (exact) mass is 350 g/mol. The molecule has 1 aromatic rings. The van der Waals surface area contributed by atoms with Crippen LogP contribution < -0.4 is 10.6 Å². The van der Waals surface area contributed by atoms with E-state index in [9.17, 15) is 0 Å². The highest BCUT2D eigenvalue weighted by Crippen LogP contribution is 2.18. The largest absolute Gasteiger partial charge is 0.464 e. The molecule has 0 aromatic carbocycles. The summed E-state index contributed by atoms with van der Waals surface area (Å²) in [6.07, 6.45) is 2.42. The Kier molecular flexibility index (Phi) is 8.28. The molecule has 1 fully saturated rings. The molecule has 0 saturated carbocycles. The highest BCUT2D eigenvalue weighted by molar-refractivity contribution is 5.80.